The van der Waals surface area contributed by atoms with E-state index in [4.69, 9.17) is 0 Å². The number of aliphatic hydroxyl groups excluding tert-OH is 1. The molecule has 2 unspecified atom stereocenters. The number of carbonyl (C=O) groups excluding carboxylic acids is 1. The highest BCUT2D eigenvalue weighted by Crippen LogP contribution is 2.32. The summed E-state index contributed by atoms with van der Waals surface area (Å²) in [5.74, 6) is 0.420. The van der Waals surface area contributed by atoms with Crippen LogP contribution in [0.5, 0.6) is 0 Å². The van der Waals surface area contributed by atoms with E-state index in [0.717, 1.165) is 30.7 Å². The van der Waals surface area contributed by atoms with Gasteiger partial charge in [0.15, 0.2) is 0 Å². The van der Waals surface area contributed by atoms with Crippen LogP contribution in [0.1, 0.15) is 54.4 Å². The summed E-state index contributed by atoms with van der Waals surface area (Å²) in [6.45, 7) is 5.92. The van der Waals surface area contributed by atoms with Gasteiger partial charge in [0.1, 0.15) is 0 Å². The molecule has 1 aromatic rings. The summed E-state index contributed by atoms with van der Waals surface area (Å²) in [5, 5.41) is 17.1. The standard InChI is InChI=1S/C15H25N3O2/c1-10-6-5-7-15(8-10,9-19)16-14(20)13-11(2)17-18(4)12(13)3/h10,19H,5-9H2,1-4H3,(H,16,20). The first kappa shape index (κ1) is 15.0. The lowest BCUT2D eigenvalue weighted by molar-refractivity contribution is 0.0696. The van der Waals surface area contributed by atoms with Gasteiger partial charge < -0.3 is 10.4 Å². The van der Waals surface area contributed by atoms with E-state index in [1.54, 1.807) is 4.68 Å². The zero-order valence-corrected chi connectivity index (χ0v) is 12.9. The molecule has 112 valence electrons. The molecule has 0 aliphatic heterocycles. The van der Waals surface area contributed by atoms with Crippen LogP contribution in [0.25, 0.3) is 0 Å². The monoisotopic (exact) mass is 279 g/mol. The largest absolute Gasteiger partial charge is 0.394 e. The Morgan fingerprint density at radius 2 is 2.25 bits per heavy atom. The van der Waals surface area contributed by atoms with E-state index >= 15 is 0 Å². The fourth-order valence-electron chi connectivity index (χ4n) is 3.36. The van der Waals surface area contributed by atoms with Crippen LogP contribution >= 0.6 is 0 Å². The van der Waals surface area contributed by atoms with Crippen LogP contribution in [0.4, 0.5) is 0 Å². The molecule has 1 aliphatic rings. The summed E-state index contributed by atoms with van der Waals surface area (Å²) in [6, 6.07) is 0. The first-order valence-electron chi connectivity index (χ1n) is 7.32. The molecule has 1 amide bonds. The lowest BCUT2D eigenvalue weighted by Crippen LogP contribution is -2.54. The summed E-state index contributed by atoms with van der Waals surface area (Å²) in [7, 11) is 1.84. The highest BCUT2D eigenvalue weighted by molar-refractivity contribution is 5.96. The number of aryl methyl sites for hydroxylation is 2. The topological polar surface area (TPSA) is 67.2 Å². The normalized spacial score (nSPS) is 26.6. The van der Waals surface area contributed by atoms with E-state index < -0.39 is 5.54 Å². The average Bonchev–Trinajstić information content (AvgIpc) is 2.63. The van der Waals surface area contributed by atoms with Gasteiger partial charge in [0, 0.05) is 12.7 Å². The third kappa shape index (κ3) is 2.73. The quantitative estimate of drug-likeness (QED) is 0.885. The molecule has 5 heteroatoms. The van der Waals surface area contributed by atoms with Gasteiger partial charge in [-0.15, -0.1) is 0 Å². The third-order valence-electron chi connectivity index (χ3n) is 4.51. The summed E-state index contributed by atoms with van der Waals surface area (Å²) in [5.41, 5.74) is 1.76. The Morgan fingerprint density at radius 1 is 1.55 bits per heavy atom. The minimum Gasteiger partial charge on any atom is -0.394 e. The Kier molecular flexibility index (Phi) is 4.18. The number of amides is 1. The van der Waals surface area contributed by atoms with E-state index in [1.807, 2.05) is 20.9 Å². The van der Waals surface area contributed by atoms with E-state index in [0.29, 0.717) is 11.5 Å². The highest BCUT2D eigenvalue weighted by atomic mass is 16.3. The SMILES string of the molecule is Cc1nn(C)c(C)c1C(=O)NC1(CO)CCCC(C)C1. The van der Waals surface area contributed by atoms with Crippen LogP contribution in [-0.4, -0.2) is 32.9 Å². The van der Waals surface area contributed by atoms with Gasteiger partial charge in [0.05, 0.1) is 23.4 Å². The van der Waals surface area contributed by atoms with Crippen molar-refractivity contribution in [3.05, 3.63) is 17.0 Å². The number of nitrogens with zero attached hydrogens (tertiary/aromatic N) is 2. The Morgan fingerprint density at radius 3 is 2.75 bits per heavy atom. The predicted molar refractivity (Wildman–Crippen MR) is 77.6 cm³/mol. The van der Waals surface area contributed by atoms with Crippen LogP contribution in [0.3, 0.4) is 0 Å². The van der Waals surface area contributed by atoms with Crippen molar-refractivity contribution in [2.24, 2.45) is 13.0 Å². The molecule has 20 heavy (non-hydrogen) atoms. The molecule has 0 aromatic carbocycles. The minimum atomic E-state index is -0.469. The van der Waals surface area contributed by atoms with Crippen molar-refractivity contribution in [3.8, 4) is 0 Å². The van der Waals surface area contributed by atoms with Crippen molar-refractivity contribution in [1.82, 2.24) is 15.1 Å². The average molecular weight is 279 g/mol. The van der Waals surface area contributed by atoms with Crippen LogP contribution in [-0.2, 0) is 7.05 Å². The van der Waals surface area contributed by atoms with Crippen LogP contribution in [0.15, 0.2) is 0 Å². The molecule has 1 saturated carbocycles. The summed E-state index contributed by atoms with van der Waals surface area (Å²) >= 11 is 0. The molecule has 2 N–H and O–H groups in total. The van der Waals surface area contributed by atoms with Gasteiger partial charge in [-0.3, -0.25) is 9.48 Å². The van der Waals surface area contributed by atoms with Gasteiger partial charge in [-0.1, -0.05) is 19.8 Å². The van der Waals surface area contributed by atoms with Crippen LogP contribution in [0.2, 0.25) is 0 Å². The van der Waals surface area contributed by atoms with Crippen LogP contribution < -0.4 is 5.32 Å². The zero-order chi connectivity index (χ0) is 14.9. The second-order valence-corrected chi connectivity index (χ2v) is 6.26. The number of carbonyl (C=O) groups is 1. The summed E-state index contributed by atoms with van der Waals surface area (Å²) < 4.78 is 1.72. The van der Waals surface area contributed by atoms with Crippen molar-refractivity contribution in [3.63, 3.8) is 0 Å². The Bertz CT molecular complexity index is 509. The number of hydrogen-bond donors (Lipinski definition) is 2. The zero-order valence-electron chi connectivity index (χ0n) is 12.9. The maximum atomic E-state index is 12.6. The second-order valence-electron chi connectivity index (χ2n) is 6.26. The first-order chi connectivity index (χ1) is 9.38. The minimum absolute atomic E-state index is 0.00143. The molecule has 2 rings (SSSR count). The maximum absolute atomic E-state index is 12.6. The maximum Gasteiger partial charge on any atom is 0.255 e. The van der Waals surface area contributed by atoms with Gasteiger partial charge >= 0.3 is 0 Å². The number of nitrogens with one attached hydrogen (secondary N) is 1. The first-order valence-corrected chi connectivity index (χ1v) is 7.32. The lowest BCUT2D eigenvalue weighted by Gasteiger charge is -2.39. The lowest BCUT2D eigenvalue weighted by atomic mass is 9.76. The van der Waals surface area contributed by atoms with Crippen LogP contribution in [0, 0.1) is 19.8 Å². The van der Waals surface area contributed by atoms with Crippen molar-refractivity contribution in [1.29, 1.82) is 0 Å². The molecule has 1 fully saturated rings. The van der Waals surface area contributed by atoms with Crippen molar-refractivity contribution in [2.45, 2.75) is 52.0 Å². The van der Waals surface area contributed by atoms with Crippen molar-refractivity contribution >= 4 is 5.91 Å². The highest BCUT2D eigenvalue weighted by Gasteiger charge is 2.36. The van der Waals surface area contributed by atoms with Gasteiger partial charge in [-0.2, -0.15) is 5.10 Å². The number of aliphatic hydroxyl groups is 1. The Hall–Kier alpha value is -1.36. The molecule has 5 nitrogen and oxygen atoms in total. The van der Waals surface area contributed by atoms with Gasteiger partial charge in [0.25, 0.3) is 5.91 Å². The van der Waals surface area contributed by atoms with E-state index in [2.05, 4.69) is 17.3 Å². The molecule has 1 aliphatic carbocycles. The number of hydrogen-bond acceptors (Lipinski definition) is 3. The van der Waals surface area contributed by atoms with Gasteiger partial charge in [-0.25, -0.2) is 0 Å². The molecule has 0 bridgehead atoms. The molecule has 1 aromatic heterocycles. The number of aromatic nitrogens is 2. The van der Waals surface area contributed by atoms with Crippen molar-refractivity contribution < 1.29 is 9.90 Å². The molecular formula is C15H25N3O2. The van der Waals surface area contributed by atoms with E-state index in [-0.39, 0.29) is 12.5 Å². The third-order valence-corrected chi connectivity index (χ3v) is 4.51. The number of rotatable bonds is 3. The van der Waals surface area contributed by atoms with Crippen molar-refractivity contribution in [2.75, 3.05) is 6.61 Å². The smallest absolute Gasteiger partial charge is 0.255 e. The summed E-state index contributed by atoms with van der Waals surface area (Å²) in [4.78, 5) is 12.6. The van der Waals surface area contributed by atoms with E-state index in [1.165, 1.54) is 6.42 Å². The molecule has 0 spiro atoms. The molecular weight excluding hydrogens is 254 g/mol. The molecule has 0 radical (unpaired) electrons. The van der Waals surface area contributed by atoms with Gasteiger partial charge in [-0.05, 0) is 32.6 Å². The Balaban J connectivity index is 2.21. The van der Waals surface area contributed by atoms with Gasteiger partial charge in [0.2, 0.25) is 0 Å². The summed E-state index contributed by atoms with van der Waals surface area (Å²) in [6.07, 6.45) is 3.90. The van der Waals surface area contributed by atoms with E-state index in [9.17, 15) is 9.90 Å². The predicted octanol–water partition coefficient (Wildman–Crippen LogP) is 1.71. The second kappa shape index (κ2) is 5.56. The molecule has 0 saturated heterocycles. The fourth-order valence-corrected chi connectivity index (χ4v) is 3.36. The Labute approximate surface area is 120 Å². The fraction of sp³-hybridized carbons (Fsp3) is 0.733. The molecule has 1 heterocycles. The molecule has 2 atom stereocenters.